The summed E-state index contributed by atoms with van der Waals surface area (Å²) in [6, 6.07) is 11.2. The lowest BCUT2D eigenvalue weighted by molar-refractivity contribution is 0.601. The van der Waals surface area contributed by atoms with Crippen molar-refractivity contribution >= 4 is 50.3 Å². The molecule has 0 bridgehead atoms. The van der Waals surface area contributed by atoms with Gasteiger partial charge in [0.15, 0.2) is 0 Å². The fraction of sp³-hybridized carbons (Fsp3) is 0.0526. The normalized spacial score (nSPS) is 12.2. The Balaban J connectivity index is 1.74. The lowest BCUT2D eigenvalue weighted by atomic mass is 9.56. The summed E-state index contributed by atoms with van der Waals surface area (Å²) in [7, 11) is 11.3. The average molecular weight is 430 g/mol. The number of anilines is 1. The van der Waals surface area contributed by atoms with Crippen LogP contribution in [0.15, 0.2) is 54.9 Å². The maximum Gasteiger partial charge on any atom is 0.214 e. The summed E-state index contributed by atoms with van der Waals surface area (Å²) in [5.74, 6) is -1.12. The molecule has 4 rings (SSSR count). The number of halogens is 2. The van der Waals surface area contributed by atoms with E-state index in [2.05, 4.69) is 15.0 Å². The van der Waals surface area contributed by atoms with E-state index in [1.807, 2.05) is 4.72 Å². The number of sulfonamides is 1. The topological polar surface area (TPSA) is 87.7 Å². The number of hydrogen-bond acceptors (Lipinski definition) is 4. The molecule has 31 heavy (non-hydrogen) atoms. The Morgan fingerprint density at radius 3 is 2.32 bits per heavy atom. The van der Waals surface area contributed by atoms with E-state index in [1.54, 1.807) is 18.2 Å². The molecular formula is C19H11B3F2N4O2S. The van der Waals surface area contributed by atoms with E-state index in [1.165, 1.54) is 30.6 Å². The monoisotopic (exact) mass is 430 g/mol. The summed E-state index contributed by atoms with van der Waals surface area (Å²) in [6.07, 6.45) is 1.27. The second-order valence-electron chi connectivity index (χ2n) is 6.83. The molecule has 0 spiro atoms. The number of hydrogen-bond donors (Lipinski definition) is 2. The molecule has 6 nitrogen and oxygen atoms in total. The minimum Gasteiger partial charge on any atom is -0.339 e. The smallest absolute Gasteiger partial charge is 0.214 e. The molecule has 2 aromatic carbocycles. The van der Waals surface area contributed by atoms with Crippen LogP contribution >= 0.6 is 0 Å². The Morgan fingerprint density at radius 2 is 1.68 bits per heavy atom. The van der Waals surface area contributed by atoms with Gasteiger partial charge in [-0.3, -0.25) is 4.72 Å². The van der Waals surface area contributed by atoms with Crippen LogP contribution in [0.25, 0.3) is 33.5 Å². The highest BCUT2D eigenvalue weighted by Crippen LogP contribution is 2.32. The molecule has 4 aromatic rings. The molecule has 0 saturated carbocycles. The molecule has 0 saturated heterocycles. The second-order valence-corrected chi connectivity index (χ2v) is 8.75. The van der Waals surface area contributed by atoms with Crippen LogP contribution in [-0.4, -0.2) is 51.4 Å². The van der Waals surface area contributed by atoms with Gasteiger partial charge < -0.3 is 4.98 Å². The average Bonchev–Trinajstić information content (AvgIpc) is 3.12. The number of nitrogens with one attached hydrogen (secondary N) is 2. The lowest BCUT2D eigenvalue weighted by Gasteiger charge is -2.22. The third-order valence-electron chi connectivity index (χ3n) is 4.52. The van der Waals surface area contributed by atoms with Crippen LogP contribution in [0.1, 0.15) is 0 Å². The van der Waals surface area contributed by atoms with Crippen molar-refractivity contribution in [3.8, 4) is 22.5 Å². The van der Waals surface area contributed by atoms with Gasteiger partial charge in [-0.05, 0) is 58.5 Å². The van der Waals surface area contributed by atoms with Crippen molar-refractivity contribution in [3.05, 3.63) is 66.5 Å². The Bertz CT molecular complexity index is 1390. The predicted octanol–water partition coefficient (Wildman–Crippen LogP) is 2.43. The summed E-state index contributed by atoms with van der Waals surface area (Å²) in [4.78, 5) is 11.4. The number of nitrogens with zero attached hydrogens (tertiary/aromatic N) is 2. The summed E-state index contributed by atoms with van der Waals surface area (Å²) in [5.41, 5.74) is 2.09. The SMILES string of the molecule is [B]C([B])([B])S(=O)(=O)Nc1ccc(-c2ncnc3[nH]c(-c4ccc(F)cc4)cc23)c(F)c1. The van der Waals surface area contributed by atoms with Crippen molar-refractivity contribution in [2.45, 2.75) is 4.45 Å². The van der Waals surface area contributed by atoms with Gasteiger partial charge in [0.05, 0.1) is 34.9 Å². The molecule has 0 aliphatic rings. The largest absolute Gasteiger partial charge is 0.339 e. The molecule has 0 aliphatic carbocycles. The van der Waals surface area contributed by atoms with Crippen LogP contribution in [0.2, 0.25) is 0 Å². The van der Waals surface area contributed by atoms with E-state index >= 15 is 0 Å². The Hall–Kier alpha value is -3.14. The number of rotatable bonds is 5. The number of H-pyrrole nitrogens is 1. The van der Waals surface area contributed by atoms with Crippen molar-refractivity contribution in [2.24, 2.45) is 0 Å². The van der Waals surface area contributed by atoms with Gasteiger partial charge in [0, 0.05) is 16.6 Å². The van der Waals surface area contributed by atoms with Gasteiger partial charge in [0.1, 0.15) is 23.6 Å². The van der Waals surface area contributed by atoms with Crippen LogP contribution in [0, 0.1) is 11.6 Å². The highest BCUT2D eigenvalue weighted by Gasteiger charge is 2.27. The molecule has 6 radical (unpaired) electrons. The van der Waals surface area contributed by atoms with E-state index in [-0.39, 0.29) is 22.8 Å². The predicted molar refractivity (Wildman–Crippen MR) is 117 cm³/mol. The highest BCUT2D eigenvalue weighted by molar-refractivity contribution is 7.98. The Morgan fingerprint density at radius 1 is 0.968 bits per heavy atom. The number of aromatic amines is 1. The van der Waals surface area contributed by atoms with Crippen LogP contribution in [-0.2, 0) is 10.0 Å². The summed E-state index contributed by atoms with van der Waals surface area (Å²) in [6.45, 7) is 0. The van der Waals surface area contributed by atoms with Crippen LogP contribution in [0.3, 0.4) is 0 Å². The van der Waals surface area contributed by atoms with Crippen molar-refractivity contribution in [1.82, 2.24) is 15.0 Å². The van der Waals surface area contributed by atoms with Gasteiger partial charge >= 0.3 is 0 Å². The number of benzene rings is 2. The molecule has 12 heteroatoms. The quantitative estimate of drug-likeness (QED) is 0.477. The molecule has 2 N–H and O–H groups in total. The third kappa shape index (κ3) is 4.07. The maximum atomic E-state index is 14.9. The van der Waals surface area contributed by atoms with Crippen LogP contribution < -0.4 is 4.72 Å². The van der Waals surface area contributed by atoms with E-state index < -0.39 is 20.3 Å². The number of fused-ring (bicyclic) bond motifs is 1. The fourth-order valence-electron chi connectivity index (χ4n) is 2.95. The molecule has 0 amide bonds. The molecule has 0 fully saturated rings. The molecule has 148 valence electrons. The van der Waals surface area contributed by atoms with Gasteiger partial charge in [-0.2, -0.15) is 0 Å². The first-order valence-corrected chi connectivity index (χ1v) is 10.3. The summed E-state index contributed by atoms with van der Waals surface area (Å²) in [5, 5.41) is 0.527. The van der Waals surface area contributed by atoms with Gasteiger partial charge in [0.2, 0.25) is 10.0 Å². The summed E-state index contributed by atoms with van der Waals surface area (Å²) >= 11 is 0. The van der Waals surface area contributed by atoms with Crippen molar-refractivity contribution in [2.75, 3.05) is 4.72 Å². The van der Waals surface area contributed by atoms with E-state index in [0.717, 1.165) is 6.07 Å². The van der Waals surface area contributed by atoms with Crippen molar-refractivity contribution in [3.63, 3.8) is 0 Å². The van der Waals surface area contributed by atoms with Crippen LogP contribution in [0.5, 0.6) is 0 Å². The lowest BCUT2D eigenvalue weighted by Crippen LogP contribution is -2.44. The minimum absolute atomic E-state index is 0.111. The zero-order valence-electron chi connectivity index (χ0n) is 15.8. The van der Waals surface area contributed by atoms with E-state index in [9.17, 15) is 17.2 Å². The molecule has 2 heterocycles. The first-order valence-electron chi connectivity index (χ1n) is 8.84. The standard InChI is InChI=1S/C19H11B3F2N4O2S/c20-19(21,22)31(29,30)28-12-5-6-13(15(24)7-12)17-14-8-16(27-18(14)26-9-25-17)10-1-3-11(23)4-2-10/h1-9,28H,(H,25,26,27). The zero-order valence-corrected chi connectivity index (χ0v) is 16.6. The molecule has 0 atom stereocenters. The molecule has 0 unspecified atom stereocenters. The molecule has 0 aliphatic heterocycles. The van der Waals surface area contributed by atoms with Gasteiger partial charge in [-0.15, -0.1) is 0 Å². The first kappa shape index (κ1) is 21.1. The number of aromatic nitrogens is 3. The van der Waals surface area contributed by atoms with Gasteiger partial charge in [-0.1, -0.05) is 0 Å². The highest BCUT2D eigenvalue weighted by atomic mass is 32.2. The van der Waals surface area contributed by atoms with Crippen LogP contribution in [0.4, 0.5) is 14.5 Å². The fourth-order valence-corrected chi connectivity index (χ4v) is 3.57. The van der Waals surface area contributed by atoms with Crippen molar-refractivity contribution < 1.29 is 17.2 Å². The van der Waals surface area contributed by atoms with E-state index in [4.69, 9.17) is 23.5 Å². The Labute approximate surface area is 180 Å². The second kappa shape index (κ2) is 7.53. The molecule has 2 aromatic heterocycles. The molecular weight excluding hydrogens is 419 g/mol. The van der Waals surface area contributed by atoms with Gasteiger partial charge in [-0.25, -0.2) is 27.2 Å². The minimum atomic E-state index is -4.35. The van der Waals surface area contributed by atoms with E-state index in [0.29, 0.717) is 22.3 Å². The third-order valence-corrected chi connectivity index (χ3v) is 5.96. The zero-order chi connectivity index (χ0) is 22.4. The first-order chi connectivity index (χ1) is 14.5. The van der Waals surface area contributed by atoms with Gasteiger partial charge in [0.25, 0.3) is 0 Å². The summed E-state index contributed by atoms with van der Waals surface area (Å²) < 4.78 is 51.5. The maximum absolute atomic E-state index is 14.9. The Kier molecular flexibility index (Phi) is 5.13. The van der Waals surface area contributed by atoms with Crippen molar-refractivity contribution in [1.29, 1.82) is 0 Å².